The zero-order valence-electron chi connectivity index (χ0n) is 9.81. The van der Waals surface area contributed by atoms with Gasteiger partial charge in [-0.15, -0.1) is 0 Å². The molecular formula is C10H16O6. The zero-order chi connectivity index (χ0) is 12.8. The van der Waals surface area contributed by atoms with E-state index in [9.17, 15) is 14.4 Å². The van der Waals surface area contributed by atoms with Crippen molar-refractivity contribution >= 4 is 18.2 Å². The average molecular weight is 232 g/mol. The van der Waals surface area contributed by atoms with E-state index in [2.05, 4.69) is 14.2 Å². The molecule has 0 aliphatic rings. The first-order chi connectivity index (χ1) is 7.32. The number of carbonyl (C=O) groups is 3. The van der Waals surface area contributed by atoms with Gasteiger partial charge in [-0.1, -0.05) is 0 Å². The Hall–Kier alpha value is -1.43. The number of hydrogen-bond donors (Lipinski definition) is 0. The van der Waals surface area contributed by atoms with Crippen LogP contribution in [0.3, 0.4) is 0 Å². The summed E-state index contributed by atoms with van der Waals surface area (Å²) in [6.45, 7) is 4.48. The third-order valence-corrected chi connectivity index (χ3v) is 1.61. The van der Waals surface area contributed by atoms with Crippen molar-refractivity contribution in [3.05, 3.63) is 0 Å². The van der Waals surface area contributed by atoms with Crippen molar-refractivity contribution in [2.75, 3.05) is 13.9 Å². The normalized spacial score (nSPS) is 12.8. The molecule has 0 heterocycles. The molecule has 0 radical (unpaired) electrons. The molecule has 0 saturated carbocycles. The lowest BCUT2D eigenvalue weighted by Crippen LogP contribution is -2.29. The Bertz CT molecular complexity index is 265. The Morgan fingerprint density at radius 2 is 1.81 bits per heavy atom. The Labute approximate surface area is 93.8 Å². The van der Waals surface area contributed by atoms with Gasteiger partial charge in [-0.05, 0) is 20.8 Å². The fourth-order valence-corrected chi connectivity index (χ4v) is 0.647. The standard InChI is InChI=1S/C10H16O6/c1-10(2,3)9(13)16-6-15-8(12)7(5-11)14-4/h5,7H,6H2,1-4H3. The number of methoxy groups -OCH3 is 1. The topological polar surface area (TPSA) is 78.9 Å². The van der Waals surface area contributed by atoms with E-state index in [1.807, 2.05) is 0 Å². The fourth-order valence-electron chi connectivity index (χ4n) is 0.647. The second-order valence-corrected chi connectivity index (χ2v) is 4.06. The van der Waals surface area contributed by atoms with Crippen LogP contribution in [-0.4, -0.2) is 38.2 Å². The van der Waals surface area contributed by atoms with E-state index in [1.165, 1.54) is 7.11 Å². The molecule has 0 aromatic heterocycles. The molecule has 0 aliphatic heterocycles. The lowest BCUT2D eigenvalue weighted by Gasteiger charge is -2.16. The molecule has 0 rings (SSSR count). The molecule has 0 N–H and O–H groups in total. The third-order valence-electron chi connectivity index (χ3n) is 1.61. The van der Waals surface area contributed by atoms with Crippen LogP contribution >= 0.6 is 0 Å². The first kappa shape index (κ1) is 14.6. The Morgan fingerprint density at radius 1 is 1.25 bits per heavy atom. The summed E-state index contributed by atoms with van der Waals surface area (Å²) in [5.41, 5.74) is -0.669. The summed E-state index contributed by atoms with van der Waals surface area (Å²) in [6.07, 6.45) is -0.984. The van der Waals surface area contributed by atoms with Crippen LogP contribution in [0.4, 0.5) is 0 Å². The van der Waals surface area contributed by atoms with Crippen LogP contribution in [0, 0.1) is 5.41 Å². The molecule has 16 heavy (non-hydrogen) atoms. The molecule has 1 unspecified atom stereocenters. The van der Waals surface area contributed by atoms with Crippen LogP contribution in [0.15, 0.2) is 0 Å². The maximum Gasteiger partial charge on any atom is 0.345 e. The first-order valence-electron chi connectivity index (χ1n) is 4.65. The number of hydrogen-bond acceptors (Lipinski definition) is 6. The van der Waals surface area contributed by atoms with Gasteiger partial charge in [-0.3, -0.25) is 9.59 Å². The van der Waals surface area contributed by atoms with Crippen molar-refractivity contribution in [1.29, 1.82) is 0 Å². The van der Waals surface area contributed by atoms with Crippen molar-refractivity contribution in [3.63, 3.8) is 0 Å². The van der Waals surface area contributed by atoms with Gasteiger partial charge in [0.15, 0.2) is 6.29 Å². The van der Waals surface area contributed by atoms with E-state index in [-0.39, 0.29) is 0 Å². The van der Waals surface area contributed by atoms with E-state index in [4.69, 9.17) is 0 Å². The minimum atomic E-state index is -1.28. The predicted octanol–water partition coefficient (Wildman–Crippen LogP) is 0.290. The molecule has 0 fully saturated rings. The SMILES string of the molecule is COC(C=O)C(=O)OCOC(=O)C(C)(C)C. The van der Waals surface area contributed by atoms with Crippen molar-refractivity contribution < 1.29 is 28.6 Å². The lowest BCUT2D eigenvalue weighted by molar-refractivity contribution is -0.178. The molecule has 0 saturated heterocycles. The lowest BCUT2D eigenvalue weighted by atomic mass is 9.98. The maximum absolute atomic E-state index is 11.2. The van der Waals surface area contributed by atoms with E-state index in [0.29, 0.717) is 6.29 Å². The molecule has 1 atom stereocenters. The monoisotopic (exact) mass is 232 g/mol. The highest BCUT2D eigenvalue weighted by Gasteiger charge is 2.24. The average Bonchev–Trinajstić information content (AvgIpc) is 2.18. The second-order valence-electron chi connectivity index (χ2n) is 4.06. The number of rotatable bonds is 5. The van der Waals surface area contributed by atoms with E-state index in [0.717, 1.165) is 0 Å². The molecule has 6 nitrogen and oxygen atoms in total. The molecule has 0 spiro atoms. The summed E-state index contributed by atoms with van der Waals surface area (Å²) in [5, 5.41) is 0. The van der Waals surface area contributed by atoms with Crippen LogP contribution < -0.4 is 0 Å². The van der Waals surface area contributed by atoms with Crippen molar-refractivity contribution in [2.24, 2.45) is 5.41 Å². The van der Waals surface area contributed by atoms with Gasteiger partial charge in [0.25, 0.3) is 0 Å². The third kappa shape index (κ3) is 4.88. The van der Waals surface area contributed by atoms with E-state index < -0.39 is 30.3 Å². The van der Waals surface area contributed by atoms with Gasteiger partial charge in [0.05, 0.1) is 5.41 Å². The quantitative estimate of drug-likeness (QED) is 0.293. The summed E-state index contributed by atoms with van der Waals surface area (Å²) >= 11 is 0. The Balaban J connectivity index is 3.96. The van der Waals surface area contributed by atoms with Crippen molar-refractivity contribution in [2.45, 2.75) is 26.9 Å². The minimum absolute atomic E-state index is 0.300. The van der Waals surface area contributed by atoms with Crippen LogP contribution in [0.25, 0.3) is 0 Å². The van der Waals surface area contributed by atoms with Crippen LogP contribution in [-0.2, 0) is 28.6 Å². The number of aldehydes is 1. The number of esters is 2. The van der Waals surface area contributed by atoms with Gasteiger partial charge in [-0.2, -0.15) is 0 Å². The van der Waals surface area contributed by atoms with E-state index in [1.54, 1.807) is 20.8 Å². The molecule has 0 amide bonds. The first-order valence-corrected chi connectivity index (χ1v) is 4.65. The Morgan fingerprint density at radius 3 is 2.19 bits per heavy atom. The molecule has 0 aliphatic carbocycles. The van der Waals surface area contributed by atoms with Gasteiger partial charge >= 0.3 is 11.9 Å². The summed E-state index contributed by atoms with van der Waals surface area (Å²) in [5.74, 6) is -1.39. The maximum atomic E-state index is 11.2. The summed E-state index contributed by atoms with van der Waals surface area (Å²) in [7, 11) is 1.20. The smallest absolute Gasteiger partial charge is 0.345 e. The highest BCUT2D eigenvalue weighted by Crippen LogP contribution is 2.14. The molecule has 0 aromatic carbocycles. The summed E-state index contributed by atoms with van der Waals surface area (Å²) in [6, 6.07) is 0. The van der Waals surface area contributed by atoms with Gasteiger partial charge in [0.2, 0.25) is 12.9 Å². The molecule has 6 heteroatoms. The fraction of sp³-hybridized carbons (Fsp3) is 0.700. The molecule has 0 aromatic rings. The highest BCUT2D eigenvalue weighted by molar-refractivity contribution is 5.90. The van der Waals surface area contributed by atoms with Crippen LogP contribution in [0.5, 0.6) is 0 Å². The molecular weight excluding hydrogens is 216 g/mol. The predicted molar refractivity (Wildman–Crippen MR) is 53.4 cm³/mol. The molecule has 92 valence electrons. The van der Waals surface area contributed by atoms with Gasteiger partial charge in [0.1, 0.15) is 0 Å². The summed E-state index contributed by atoms with van der Waals surface area (Å²) in [4.78, 5) is 32.6. The van der Waals surface area contributed by atoms with E-state index >= 15 is 0 Å². The number of carbonyl (C=O) groups excluding carboxylic acids is 3. The number of ether oxygens (including phenoxy) is 3. The van der Waals surface area contributed by atoms with Crippen LogP contribution in [0.1, 0.15) is 20.8 Å². The van der Waals surface area contributed by atoms with Crippen LogP contribution in [0.2, 0.25) is 0 Å². The zero-order valence-corrected chi connectivity index (χ0v) is 9.81. The summed E-state index contributed by atoms with van der Waals surface area (Å²) < 4.78 is 13.7. The second kappa shape index (κ2) is 6.22. The largest absolute Gasteiger partial charge is 0.427 e. The van der Waals surface area contributed by atoms with Gasteiger partial charge < -0.3 is 14.2 Å². The van der Waals surface area contributed by atoms with Crippen molar-refractivity contribution in [1.82, 2.24) is 0 Å². The molecule has 0 bridgehead atoms. The van der Waals surface area contributed by atoms with Gasteiger partial charge in [0, 0.05) is 7.11 Å². The Kier molecular flexibility index (Phi) is 5.66. The highest BCUT2D eigenvalue weighted by atomic mass is 16.7. The minimum Gasteiger partial charge on any atom is -0.427 e. The van der Waals surface area contributed by atoms with Crippen molar-refractivity contribution in [3.8, 4) is 0 Å². The van der Waals surface area contributed by atoms with Gasteiger partial charge in [-0.25, -0.2) is 4.79 Å².